The summed E-state index contributed by atoms with van der Waals surface area (Å²) in [5.74, 6) is 2.40. The van der Waals surface area contributed by atoms with Crippen molar-refractivity contribution in [3.63, 3.8) is 0 Å². The molecule has 2 aliphatic rings. The molecule has 52 valence electrons. The SMILES string of the molecule is N[C@H]1CCC([C@H]2CS2)C1. The highest BCUT2D eigenvalue weighted by molar-refractivity contribution is 8.06. The molecule has 1 unspecified atom stereocenters. The first kappa shape index (κ1) is 6.05. The normalized spacial score (nSPS) is 49.7. The van der Waals surface area contributed by atoms with E-state index in [9.17, 15) is 0 Å². The fourth-order valence-electron chi connectivity index (χ4n) is 1.72. The lowest BCUT2D eigenvalue weighted by atomic mass is 10.1. The molecule has 1 saturated heterocycles. The molecule has 0 aromatic carbocycles. The Morgan fingerprint density at radius 1 is 1.33 bits per heavy atom. The average molecular weight is 143 g/mol. The van der Waals surface area contributed by atoms with Crippen molar-refractivity contribution in [3.05, 3.63) is 0 Å². The summed E-state index contributed by atoms with van der Waals surface area (Å²) in [6, 6.07) is 0.538. The van der Waals surface area contributed by atoms with Crippen molar-refractivity contribution in [2.75, 3.05) is 5.75 Å². The molecule has 2 fully saturated rings. The first-order chi connectivity index (χ1) is 4.36. The van der Waals surface area contributed by atoms with E-state index in [1.54, 1.807) is 0 Å². The van der Waals surface area contributed by atoms with Crippen LogP contribution in [0.25, 0.3) is 0 Å². The minimum absolute atomic E-state index is 0.538. The van der Waals surface area contributed by atoms with E-state index in [4.69, 9.17) is 5.73 Å². The summed E-state index contributed by atoms with van der Waals surface area (Å²) in [7, 11) is 0. The molecule has 3 atom stereocenters. The molecule has 9 heavy (non-hydrogen) atoms. The number of nitrogens with two attached hydrogens (primary N) is 1. The molecule has 0 aromatic rings. The Bertz CT molecular complexity index is 111. The second-order valence-electron chi connectivity index (χ2n) is 3.20. The lowest BCUT2D eigenvalue weighted by molar-refractivity contribution is 0.559. The summed E-state index contributed by atoms with van der Waals surface area (Å²) >= 11 is 2.11. The molecule has 2 rings (SSSR count). The molecule has 0 aromatic heterocycles. The van der Waals surface area contributed by atoms with Gasteiger partial charge in [0.15, 0.2) is 0 Å². The molecule has 1 aliphatic heterocycles. The minimum Gasteiger partial charge on any atom is -0.328 e. The zero-order valence-corrected chi connectivity index (χ0v) is 6.36. The van der Waals surface area contributed by atoms with Crippen LogP contribution in [0.3, 0.4) is 0 Å². The maximum absolute atomic E-state index is 5.78. The van der Waals surface area contributed by atoms with Gasteiger partial charge in [0.1, 0.15) is 0 Å². The zero-order valence-electron chi connectivity index (χ0n) is 5.55. The van der Waals surface area contributed by atoms with Gasteiger partial charge in [-0.15, -0.1) is 0 Å². The minimum atomic E-state index is 0.538. The zero-order chi connectivity index (χ0) is 6.27. The lowest BCUT2D eigenvalue weighted by Gasteiger charge is -2.03. The fraction of sp³-hybridized carbons (Fsp3) is 1.00. The van der Waals surface area contributed by atoms with Gasteiger partial charge in [-0.3, -0.25) is 0 Å². The molecule has 0 spiro atoms. The van der Waals surface area contributed by atoms with Crippen molar-refractivity contribution < 1.29 is 0 Å². The largest absolute Gasteiger partial charge is 0.328 e. The number of hydrogen-bond donors (Lipinski definition) is 1. The van der Waals surface area contributed by atoms with Crippen LogP contribution in [0.2, 0.25) is 0 Å². The van der Waals surface area contributed by atoms with Gasteiger partial charge in [-0.25, -0.2) is 0 Å². The van der Waals surface area contributed by atoms with Gasteiger partial charge < -0.3 is 5.73 Å². The van der Waals surface area contributed by atoms with E-state index < -0.39 is 0 Å². The van der Waals surface area contributed by atoms with Crippen molar-refractivity contribution in [3.8, 4) is 0 Å². The van der Waals surface area contributed by atoms with Gasteiger partial charge in [-0.2, -0.15) is 11.8 Å². The summed E-state index contributed by atoms with van der Waals surface area (Å²) in [5.41, 5.74) is 5.78. The first-order valence-corrected chi connectivity index (χ1v) is 4.78. The van der Waals surface area contributed by atoms with E-state index in [0.717, 1.165) is 11.2 Å². The van der Waals surface area contributed by atoms with Gasteiger partial charge in [-0.1, -0.05) is 0 Å². The Hall–Kier alpha value is 0.310. The highest BCUT2D eigenvalue weighted by Crippen LogP contribution is 2.43. The predicted octanol–water partition coefficient (Wildman–Crippen LogP) is 1.23. The molecule has 0 radical (unpaired) electrons. The quantitative estimate of drug-likeness (QED) is 0.559. The van der Waals surface area contributed by atoms with Crippen LogP contribution in [0, 0.1) is 5.92 Å². The third kappa shape index (κ3) is 1.24. The summed E-state index contributed by atoms with van der Waals surface area (Å²) in [5, 5.41) is 1.01. The molecule has 1 aliphatic carbocycles. The maximum atomic E-state index is 5.78. The highest BCUT2D eigenvalue weighted by atomic mass is 32.2. The van der Waals surface area contributed by atoms with E-state index in [2.05, 4.69) is 11.8 Å². The van der Waals surface area contributed by atoms with Gasteiger partial charge >= 0.3 is 0 Å². The molecular weight excluding hydrogens is 130 g/mol. The molecular formula is C7H13NS. The molecule has 1 heterocycles. The molecule has 0 amide bonds. The third-order valence-corrected chi connectivity index (χ3v) is 3.50. The van der Waals surface area contributed by atoms with Gasteiger partial charge in [0.25, 0.3) is 0 Å². The van der Waals surface area contributed by atoms with E-state index in [0.29, 0.717) is 6.04 Å². The monoisotopic (exact) mass is 143 g/mol. The summed E-state index contributed by atoms with van der Waals surface area (Å²) in [6.45, 7) is 0. The van der Waals surface area contributed by atoms with E-state index in [1.165, 1.54) is 25.0 Å². The Kier molecular flexibility index (Phi) is 1.46. The number of rotatable bonds is 1. The fourth-order valence-corrected chi connectivity index (χ4v) is 2.62. The summed E-state index contributed by atoms with van der Waals surface area (Å²) in [6.07, 6.45) is 3.98. The van der Waals surface area contributed by atoms with Crippen molar-refractivity contribution >= 4 is 11.8 Å². The van der Waals surface area contributed by atoms with E-state index in [-0.39, 0.29) is 0 Å². The van der Waals surface area contributed by atoms with Crippen molar-refractivity contribution in [2.24, 2.45) is 11.7 Å². The molecule has 1 nitrogen and oxygen atoms in total. The van der Waals surface area contributed by atoms with Crippen LogP contribution in [0.15, 0.2) is 0 Å². The molecule has 2 heteroatoms. The second-order valence-corrected chi connectivity index (χ2v) is 4.48. The predicted molar refractivity (Wildman–Crippen MR) is 41.6 cm³/mol. The van der Waals surface area contributed by atoms with Crippen molar-refractivity contribution in [1.29, 1.82) is 0 Å². The van der Waals surface area contributed by atoms with E-state index in [1.807, 2.05) is 0 Å². The van der Waals surface area contributed by atoms with Crippen LogP contribution in [0.5, 0.6) is 0 Å². The highest BCUT2D eigenvalue weighted by Gasteiger charge is 2.36. The van der Waals surface area contributed by atoms with Crippen LogP contribution in [-0.4, -0.2) is 17.0 Å². The maximum Gasteiger partial charge on any atom is 0.0167 e. The number of hydrogen-bond acceptors (Lipinski definition) is 2. The van der Waals surface area contributed by atoms with Crippen LogP contribution < -0.4 is 5.73 Å². The van der Waals surface area contributed by atoms with Crippen molar-refractivity contribution in [2.45, 2.75) is 30.6 Å². The smallest absolute Gasteiger partial charge is 0.0167 e. The van der Waals surface area contributed by atoms with Gasteiger partial charge in [0, 0.05) is 17.0 Å². The molecule has 0 bridgehead atoms. The van der Waals surface area contributed by atoms with E-state index >= 15 is 0 Å². The Morgan fingerprint density at radius 2 is 2.11 bits per heavy atom. The van der Waals surface area contributed by atoms with Crippen molar-refractivity contribution in [1.82, 2.24) is 0 Å². The third-order valence-electron chi connectivity index (χ3n) is 2.40. The van der Waals surface area contributed by atoms with Gasteiger partial charge in [0.2, 0.25) is 0 Å². The Balaban J connectivity index is 1.86. The molecule has 2 N–H and O–H groups in total. The van der Waals surface area contributed by atoms with Gasteiger partial charge in [-0.05, 0) is 25.2 Å². The number of thioether (sulfide) groups is 1. The van der Waals surface area contributed by atoms with Crippen LogP contribution in [0.4, 0.5) is 0 Å². The average Bonchev–Trinajstić information content (AvgIpc) is 2.58. The Morgan fingerprint density at radius 3 is 2.56 bits per heavy atom. The lowest BCUT2D eigenvalue weighted by Crippen LogP contribution is -2.15. The van der Waals surface area contributed by atoms with Gasteiger partial charge in [0.05, 0.1) is 0 Å². The summed E-state index contributed by atoms with van der Waals surface area (Å²) < 4.78 is 0. The first-order valence-electron chi connectivity index (χ1n) is 3.73. The second kappa shape index (κ2) is 2.17. The topological polar surface area (TPSA) is 26.0 Å². The van der Waals surface area contributed by atoms with Crippen LogP contribution >= 0.6 is 11.8 Å². The van der Waals surface area contributed by atoms with Crippen LogP contribution in [-0.2, 0) is 0 Å². The molecule has 1 saturated carbocycles. The standard InChI is InChI=1S/C7H13NS/c8-6-2-1-5(3-6)7-4-9-7/h5-7H,1-4,8H2/t5?,6-,7+/m0/s1. The van der Waals surface area contributed by atoms with Crippen LogP contribution in [0.1, 0.15) is 19.3 Å². The Labute approximate surface area is 60.4 Å². The summed E-state index contributed by atoms with van der Waals surface area (Å²) in [4.78, 5) is 0.